The summed E-state index contributed by atoms with van der Waals surface area (Å²) in [7, 11) is 0. The molecule has 2 aliphatic rings. The Labute approximate surface area is 301 Å². The van der Waals surface area contributed by atoms with Crippen LogP contribution in [0.2, 0.25) is 0 Å². The van der Waals surface area contributed by atoms with Gasteiger partial charge in [-0.3, -0.25) is 0 Å². The second-order valence-corrected chi connectivity index (χ2v) is 15.3. The number of rotatable bonds is 8. The Hall–Kier alpha value is -4.64. The number of hydrogen-bond donors (Lipinski definition) is 2. The quantitative estimate of drug-likeness (QED) is 0.168. The van der Waals surface area contributed by atoms with E-state index in [9.17, 15) is 10.2 Å². The molecule has 2 aliphatic carbocycles. The monoisotopic (exact) mass is 676 g/mol. The molecule has 6 aromatic rings. The molecule has 51 heavy (non-hydrogen) atoms. The van der Waals surface area contributed by atoms with E-state index in [1.807, 2.05) is 0 Å². The summed E-state index contributed by atoms with van der Waals surface area (Å²) in [5, 5.41) is 25.1. The van der Waals surface area contributed by atoms with Crippen molar-refractivity contribution in [3.63, 3.8) is 0 Å². The maximum atomic E-state index is 10.1. The van der Waals surface area contributed by atoms with Gasteiger partial charge in [0.05, 0.1) is 24.4 Å². The van der Waals surface area contributed by atoms with Crippen LogP contribution in [-0.2, 0) is 5.41 Å². The molecule has 0 bridgehead atoms. The number of benzene rings is 6. The molecule has 2 N–H and O–H groups in total. The number of ether oxygens (including phenoxy) is 2. The van der Waals surface area contributed by atoms with E-state index < -0.39 is 0 Å². The number of hydrogen-bond acceptors (Lipinski definition) is 4. The normalized spacial score (nSPS) is 21.1. The Morgan fingerprint density at radius 2 is 0.843 bits per heavy atom. The lowest BCUT2D eigenvalue weighted by atomic mass is 9.76. The Morgan fingerprint density at radius 1 is 0.451 bits per heavy atom. The molecule has 0 amide bonds. The zero-order valence-electron chi connectivity index (χ0n) is 29.7. The van der Waals surface area contributed by atoms with Crippen LogP contribution in [-0.4, -0.2) is 34.6 Å². The van der Waals surface area contributed by atoms with E-state index in [1.54, 1.807) is 0 Å². The average molecular weight is 677 g/mol. The van der Waals surface area contributed by atoms with Gasteiger partial charge < -0.3 is 19.7 Å². The molecule has 2 fully saturated rings. The Bertz CT molecular complexity index is 2000. The highest BCUT2D eigenvalue weighted by atomic mass is 16.5. The van der Waals surface area contributed by atoms with Crippen LogP contribution in [0.3, 0.4) is 0 Å². The molecule has 0 spiro atoms. The molecular formula is C47H48O4. The fourth-order valence-corrected chi connectivity index (χ4v) is 8.06. The van der Waals surface area contributed by atoms with Crippen molar-refractivity contribution < 1.29 is 19.7 Å². The van der Waals surface area contributed by atoms with Crippen LogP contribution in [0.4, 0.5) is 0 Å². The largest absolute Gasteiger partial charge is 0.490 e. The molecule has 4 nitrogen and oxygen atoms in total. The average Bonchev–Trinajstić information content (AvgIpc) is 3.16. The Morgan fingerprint density at radius 3 is 1.25 bits per heavy atom. The third kappa shape index (κ3) is 7.13. The zero-order chi connectivity index (χ0) is 35.0. The summed E-state index contributed by atoms with van der Waals surface area (Å²) < 4.78 is 13.5. The molecule has 0 aliphatic heterocycles. The summed E-state index contributed by atoms with van der Waals surface area (Å²) in [6.45, 7) is 4.61. The topological polar surface area (TPSA) is 58.9 Å². The summed E-state index contributed by atoms with van der Waals surface area (Å²) >= 11 is 0. The summed E-state index contributed by atoms with van der Waals surface area (Å²) in [5.74, 6) is 1.79. The van der Waals surface area contributed by atoms with E-state index in [0.29, 0.717) is 0 Å². The van der Waals surface area contributed by atoms with Gasteiger partial charge in [0.1, 0.15) is 11.5 Å². The first-order valence-corrected chi connectivity index (χ1v) is 18.8. The molecule has 260 valence electrons. The van der Waals surface area contributed by atoms with Gasteiger partial charge in [0.15, 0.2) is 0 Å². The highest BCUT2D eigenvalue weighted by molar-refractivity contribution is 5.89. The summed E-state index contributed by atoms with van der Waals surface area (Å²) in [6.07, 6.45) is 6.31. The molecule has 2 saturated carbocycles. The molecule has 0 heterocycles. The first kappa shape index (κ1) is 33.5. The number of aliphatic hydroxyl groups is 2. The smallest absolute Gasteiger partial charge is 0.127 e. The van der Waals surface area contributed by atoms with Crippen LogP contribution >= 0.6 is 0 Å². The molecule has 0 atom stereocenters. The number of aliphatic hydroxyl groups excluding tert-OH is 2. The van der Waals surface area contributed by atoms with Crippen molar-refractivity contribution in [2.75, 3.05) is 0 Å². The van der Waals surface area contributed by atoms with Gasteiger partial charge >= 0.3 is 0 Å². The van der Waals surface area contributed by atoms with Crippen molar-refractivity contribution in [1.82, 2.24) is 0 Å². The van der Waals surface area contributed by atoms with Crippen molar-refractivity contribution in [3.8, 4) is 33.8 Å². The first-order valence-electron chi connectivity index (χ1n) is 18.8. The van der Waals surface area contributed by atoms with Crippen LogP contribution in [0.25, 0.3) is 43.8 Å². The summed E-state index contributed by atoms with van der Waals surface area (Å²) in [4.78, 5) is 0. The molecule has 6 aromatic carbocycles. The molecule has 0 radical (unpaired) electrons. The van der Waals surface area contributed by atoms with Gasteiger partial charge in [-0.05, 0) is 132 Å². The van der Waals surface area contributed by atoms with Gasteiger partial charge in [0, 0.05) is 16.5 Å². The highest BCUT2D eigenvalue weighted by Crippen LogP contribution is 2.43. The van der Waals surface area contributed by atoms with E-state index >= 15 is 0 Å². The lowest BCUT2D eigenvalue weighted by molar-refractivity contribution is 0.0668. The Kier molecular flexibility index (Phi) is 9.31. The molecule has 0 saturated heterocycles. The minimum atomic E-state index is -0.335. The zero-order valence-corrected chi connectivity index (χ0v) is 29.7. The van der Waals surface area contributed by atoms with Crippen LogP contribution in [0.15, 0.2) is 121 Å². The van der Waals surface area contributed by atoms with Crippen molar-refractivity contribution in [3.05, 3.63) is 132 Å². The van der Waals surface area contributed by atoms with Crippen LogP contribution < -0.4 is 9.47 Å². The van der Waals surface area contributed by atoms with Gasteiger partial charge in [-0.15, -0.1) is 0 Å². The van der Waals surface area contributed by atoms with Crippen LogP contribution in [0, 0.1) is 0 Å². The van der Waals surface area contributed by atoms with Crippen molar-refractivity contribution in [2.24, 2.45) is 0 Å². The summed E-state index contributed by atoms with van der Waals surface area (Å²) in [5.41, 5.74) is 6.52. The minimum Gasteiger partial charge on any atom is -0.490 e. The van der Waals surface area contributed by atoms with Gasteiger partial charge in [0.25, 0.3) is 0 Å². The molecule has 0 unspecified atom stereocenters. The SMILES string of the molecule is CC(C)(c1ccc(OC2CCC(O)CC2)c(-c2ccc3ccccc3c2)c1)c1ccc(OC2CCC(O)CC2)c(-c2ccc3ccccc3c2)c1. The van der Waals surface area contributed by atoms with Crippen molar-refractivity contribution >= 4 is 21.5 Å². The second-order valence-electron chi connectivity index (χ2n) is 15.3. The van der Waals surface area contributed by atoms with Gasteiger partial charge in [-0.1, -0.05) is 98.8 Å². The van der Waals surface area contributed by atoms with E-state index in [2.05, 4.69) is 135 Å². The lowest BCUT2D eigenvalue weighted by Crippen LogP contribution is -2.27. The standard InChI is InChI=1S/C47H48O4/c1-47(2,37-15-25-45(50-41-21-17-39(48)18-22-41)43(29-37)35-13-11-31-7-3-5-9-33(31)27-35)38-16-26-46(51-42-23-19-40(49)20-24-42)44(30-38)36-14-12-32-8-4-6-10-34(32)28-36/h3-16,25-30,39-42,48-49H,17-24H2,1-2H3. The third-order valence-electron chi connectivity index (χ3n) is 11.4. The van der Waals surface area contributed by atoms with E-state index in [-0.39, 0.29) is 29.8 Å². The third-order valence-corrected chi connectivity index (χ3v) is 11.4. The minimum absolute atomic E-state index is 0.0935. The van der Waals surface area contributed by atoms with Crippen LogP contribution in [0.5, 0.6) is 11.5 Å². The summed E-state index contributed by atoms with van der Waals surface area (Å²) in [6, 6.07) is 43.8. The maximum absolute atomic E-state index is 10.1. The fraction of sp³-hybridized carbons (Fsp3) is 0.319. The van der Waals surface area contributed by atoms with Gasteiger partial charge in [-0.25, -0.2) is 0 Å². The predicted octanol–water partition coefficient (Wildman–Crippen LogP) is 11.0. The molecule has 0 aromatic heterocycles. The van der Waals surface area contributed by atoms with Crippen LogP contribution in [0.1, 0.15) is 76.3 Å². The second kappa shape index (κ2) is 14.2. The molecule has 4 heteroatoms. The van der Waals surface area contributed by atoms with Crippen molar-refractivity contribution in [2.45, 2.75) is 95.0 Å². The molecular weight excluding hydrogens is 629 g/mol. The lowest BCUT2D eigenvalue weighted by Gasteiger charge is -2.31. The fourth-order valence-electron chi connectivity index (χ4n) is 8.06. The van der Waals surface area contributed by atoms with Gasteiger partial charge in [0.2, 0.25) is 0 Å². The predicted molar refractivity (Wildman–Crippen MR) is 209 cm³/mol. The highest BCUT2D eigenvalue weighted by Gasteiger charge is 2.29. The van der Waals surface area contributed by atoms with E-state index in [0.717, 1.165) is 85.1 Å². The molecule has 8 rings (SSSR count). The number of fused-ring (bicyclic) bond motifs is 2. The van der Waals surface area contributed by atoms with Gasteiger partial charge in [-0.2, -0.15) is 0 Å². The van der Waals surface area contributed by atoms with E-state index in [4.69, 9.17) is 9.47 Å². The van der Waals surface area contributed by atoms with E-state index in [1.165, 1.54) is 32.7 Å². The van der Waals surface area contributed by atoms with Crippen molar-refractivity contribution in [1.29, 1.82) is 0 Å². The Balaban J connectivity index is 1.20. The first-order chi connectivity index (χ1) is 24.8. The maximum Gasteiger partial charge on any atom is 0.127 e.